The highest BCUT2D eigenvalue weighted by Crippen LogP contribution is 2.34. The van der Waals surface area contributed by atoms with E-state index in [1.807, 2.05) is 43.3 Å². The van der Waals surface area contributed by atoms with Crippen molar-refractivity contribution < 1.29 is 19.0 Å². The summed E-state index contributed by atoms with van der Waals surface area (Å²) in [5.41, 5.74) is 2.19. The fourth-order valence-corrected chi connectivity index (χ4v) is 4.42. The summed E-state index contributed by atoms with van der Waals surface area (Å²) in [6.45, 7) is 9.46. The van der Waals surface area contributed by atoms with E-state index in [1.54, 1.807) is 0 Å². The van der Waals surface area contributed by atoms with Crippen LogP contribution in [-0.2, 0) is 22.6 Å². The summed E-state index contributed by atoms with van der Waals surface area (Å²) in [5.74, 6) is 1.12. The van der Waals surface area contributed by atoms with E-state index in [0.29, 0.717) is 24.7 Å². The lowest BCUT2D eigenvalue weighted by Crippen LogP contribution is -2.37. The van der Waals surface area contributed by atoms with Gasteiger partial charge in [-0.05, 0) is 72.3 Å². The molecule has 1 amide bonds. The molecule has 0 radical (unpaired) electrons. The maximum absolute atomic E-state index is 12.3. The second kappa shape index (κ2) is 18.0. The van der Waals surface area contributed by atoms with Crippen LogP contribution >= 0.6 is 47.4 Å². The third kappa shape index (κ3) is 11.5. The first-order valence-electron chi connectivity index (χ1n) is 11.5. The van der Waals surface area contributed by atoms with Gasteiger partial charge in [-0.3, -0.25) is 9.69 Å². The normalized spacial score (nSPS) is 13.3. The van der Waals surface area contributed by atoms with Crippen LogP contribution in [0.1, 0.15) is 24.5 Å². The first-order valence-corrected chi connectivity index (χ1v) is 12.6. The Morgan fingerprint density at radius 3 is 2.51 bits per heavy atom. The zero-order valence-electron chi connectivity index (χ0n) is 20.1. The van der Waals surface area contributed by atoms with Crippen LogP contribution in [0, 0.1) is 3.57 Å². The maximum atomic E-state index is 12.3. The molecular formula is C25H36Cl2IN3O4. The number of ether oxygens (including phenoxy) is 3. The lowest BCUT2D eigenvalue weighted by atomic mass is 10.2. The molecule has 0 saturated carbocycles. The van der Waals surface area contributed by atoms with Gasteiger partial charge < -0.3 is 24.8 Å². The number of carbonyl (C=O) groups is 1. The van der Waals surface area contributed by atoms with Gasteiger partial charge in [0.2, 0.25) is 0 Å². The first kappa shape index (κ1) is 31.7. The summed E-state index contributed by atoms with van der Waals surface area (Å²) in [5, 5.41) is 6.41. The number of nitrogens with zero attached hydrogens (tertiary/aromatic N) is 1. The summed E-state index contributed by atoms with van der Waals surface area (Å²) < 4.78 is 18.0. The molecule has 0 atom stereocenters. The standard InChI is InChI=1S/C25H34IN3O4.2ClH/c1-2-32-23-16-21(17-27-9-6-10-29-11-13-31-14-12-29)15-22(26)25(23)33-19-24(30)28-18-20-7-4-3-5-8-20;;/h3-5,7-8,15-16,27H,2,6,9-14,17-19H2,1H3,(H,28,30);2*1H. The monoisotopic (exact) mass is 639 g/mol. The van der Waals surface area contributed by atoms with E-state index < -0.39 is 0 Å². The second-order valence-corrected chi connectivity index (χ2v) is 9.04. The molecule has 1 saturated heterocycles. The first-order chi connectivity index (χ1) is 16.2. The molecule has 1 aliphatic heterocycles. The van der Waals surface area contributed by atoms with E-state index in [-0.39, 0.29) is 37.3 Å². The molecule has 35 heavy (non-hydrogen) atoms. The van der Waals surface area contributed by atoms with Gasteiger partial charge in [-0.15, -0.1) is 24.8 Å². The Morgan fingerprint density at radius 1 is 1.06 bits per heavy atom. The number of halogens is 3. The van der Waals surface area contributed by atoms with Crippen LogP contribution in [0.2, 0.25) is 0 Å². The third-order valence-corrected chi connectivity index (χ3v) is 6.11. The molecule has 3 rings (SSSR count). The zero-order chi connectivity index (χ0) is 23.3. The predicted octanol–water partition coefficient (Wildman–Crippen LogP) is 4.04. The number of amides is 1. The quantitative estimate of drug-likeness (QED) is 0.255. The van der Waals surface area contributed by atoms with Crippen LogP contribution in [0.4, 0.5) is 0 Å². The van der Waals surface area contributed by atoms with E-state index in [1.165, 1.54) is 0 Å². The summed E-state index contributed by atoms with van der Waals surface area (Å²) >= 11 is 2.24. The fourth-order valence-electron chi connectivity index (χ4n) is 3.60. The number of nitrogens with one attached hydrogen (secondary N) is 2. The molecule has 2 N–H and O–H groups in total. The van der Waals surface area contributed by atoms with Gasteiger partial charge in [-0.25, -0.2) is 0 Å². The second-order valence-electron chi connectivity index (χ2n) is 7.87. The number of rotatable bonds is 13. The van der Waals surface area contributed by atoms with Crippen molar-refractivity contribution in [1.29, 1.82) is 0 Å². The van der Waals surface area contributed by atoms with Crippen molar-refractivity contribution in [3.63, 3.8) is 0 Å². The number of hydrogen-bond donors (Lipinski definition) is 2. The van der Waals surface area contributed by atoms with Crippen LogP contribution in [0.25, 0.3) is 0 Å². The minimum atomic E-state index is -0.164. The average molecular weight is 640 g/mol. The summed E-state index contributed by atoms with van der Waals surface area (Å²) in [6.07, 6.45) is 1.11. The van der Waals surface area contributed by atoms with Gasteiger partial charge >= 0.3 is 0 Å². The maximum Gasteiger partial charge on any atom is 0.258 e. The molecule has 0 bridgehead atoms. The minimum absolute atomic E-state index is 0. The highest BCUT2D eigenvalue weighted by Gasteiger charge is 2.14. The minimum Gasteiger partial charge on any atom is -0.490 e. The molecule has 2 aromatic carbocycles. The van der Waals surface area contributed by atoms with Crippen molar-refractivity contribution in [1.82, 2.24) is 15.5 Å². The van der Waals surface area contributed by atoms with E-state index in [2.05, 4.69) is 44.2 Å². The van der Waals surface area contributed by atoms with Crippen molar-refractivity contribution in [2.45, 2.75) is 26.4 Å². The van der Waals surface area contributed by atoms with E-state index in [4.69, 9.17) is 14.2 Å². The molecule has 1 aliphatic rings. The Labute approximate surface area is 234 Å². The van der Waals surface area contributed by atoms with Gasteiger partial charge in [0.15, 0.2) is 18.1 Å². The fraction of sp³-hybridized carbons (Fsp3) is 0.480. The molecule has 1 fully saturated rings. The van der Waals surface area contributed by atoms with Crippen LogP contribution in [0.3, 0.4) is 0 Å². The Hall–Kier alpha value is -1.30. The Bertz CT molecular complexity index is 871. The Morgan fingerprint density at radius 2 is 1.80 bits per heavy atom. The number of benzene rings is 2. The molecule has 0 aromatic heterocycles. The lowest BCUT2D eigenvalue weighted by molar-refractivity contribution is -0.123. The van der Waals surface area contributed by atoms with Crippen LogP contribution in [0.15, 0.2) is 42.5 Å². The highest BCUT2D eigenvalue weighted by molar-refractivity contribution is 14.1. The van der Waals surface area contributed by atoms with Crippen LogP contribution in [-0.4, -0.2) is 63.4 Å². The summed E-state index contributed by atoms with van der Waals surface area (Å²) in [7, 11) is 0. The highest BCUT2D eigenvalue weighted by atomic mass is 127. The van der Waals surface area contributed by atoms with Crippen molar-refractivity contribution in [3.8, 4) is 11.5 Å². The van der Waals surface area contributed by atoms with E-state index in [0.717, 1.165) is 67.1 Å². The van der Waals surface area contributed by atoms with Gasteiger partial charge in [0.05, 0.1) is 23.4 Å². The number of carbonyl (C=O) groups excluding carboxylic acids is 1. The molecule has 7 nitrogen and oxygen atoms in total. The third-order valence-electron chi connectivity index (χ3n) is 5.31. The van der Waals surface area contributed by atoms with Crippen molar-refractivity contribution in [3.05, 3.63) is 57.2 Å². The van der Waals surface area contributed by atoms with E-state index in [9.17, 15) is 4.79 Å². The van der Waals surface area contributed by atoms with Gasteiger partial charge in [0.25, 0.3) is 5.91 Å². The average Bonchev–Trinajstić information content (AvgIpc) is 2.83. The molecule has 196 valence electrons. The topological polar surface area (TPSA) is 72.1 Å². The van der Waals surface area contributed by atoms with Crippen LogP contribution in [0.5, 0.6) is 11.5 Å². The molecule has 1 heterocycles. The van der Waals surface area contributed by atoms with Gasteiger partial charge in [0, 0.05) is 26.2 Å². The van der Waals surface area contributed by atoms with Gasteiger partial charge in [-0.2, -0.15) is 0 Å². The molecule has 2 aromatic rings. The largest absolute Gasteiger partial charge is 0.490 e. The van der Waals surface area contributed by atoms with Crippen molar-refractivity contribution >= 4 is 53.3 Å². The number of hydrogen-bond acceptors (Lipinski definition) is 6. The molecule has 10 heteroatoms. The van der Waals surface area contributed by atoms with Crippen molar-refractivity contribution in [2.24, 2.45) is 0 Å². The zero-order valence-corrected chi connectivity index (χ0v) is 23.9. The molecular weight excluding hydrogens is 604 g/mol. The Balaban J connectivity index is 0.00000306. The number of morpholine rings is 1. The SMILES string of the molecule is CCOc1cc(CNCCCN2CCOCC2)cc(I)c1OCC(=O)NCc1ccccc1.Cl.Cl. The van der Waals surface area contributed by atoms with Gasteiger partial charge in [-0.1, -0.05) is 30.3 Å². The van der Waals surface area contributed by atoms with Gasteiger partial charge in [0.1, 0.15) is 0 Å². The molecule has 0 unspecified atom stereocenters. The van der Waals surface area contributed by atoms with Crippen LogP contribution < -0.4 is 20.1 Å². The Kier molecular flexibility index (Phi) is 16.3. The molecule has 0 spiro atoms. The summed E-state index contributed by atoms with van der Waals surface area (Å²) in [6, 6.07) is 13.9. The molecule has 0 aliphatic carbocycles. The lowest BCUT2D eigenvalue weighted by Gasteiger charge is -2.26. The van der Waals surface area contributed by atoms with Crippen molar-refractivity contribution in [2.75, 3.05) is 52.6 Å². The summed E-state index contributed by atoms with van der Waals surface area (Å²) in [4.78, 5) is 14.7. The smallest absolute Gasteiger partial charge is 0.258 e. The van der Waals surface area contributed by atoms with E-state index >= 15 is 0 Å². The predicted molar refractivity (Wildman–Crippen MR) is 152 cm³/mol.